The summed E-state index contributed by atoms with van der Waals surface area (Å²) in [5.74, 6) is 0.762. The molecule has 80 valence electrons. The van der Waals surface area contributed by atoms with Gasteiger partial charge < -0.3 is 5.11 Å². The van der Waals surface area contributed by atoms with E-state index in [1.165, 1.54) is 17.9 Å². The molecule has 2 heterocycles. The van der Waals surface area contributed by atoms with Crippen molar-refractivity contribution in [2.75, 3.05) is 0 Å². The van der Waals surface area contributed by atoms with Crippen molar-refractivity contribution in [3.63, 3.8) is 0 Å². The summed E-state index contributed by atoms with van der Waals surface area (Å²) in [6, 6.07) is 0. The maximum atomic E-state index is 9.82. The SMILES string of the molecule is CCn1ncnc1CC(O)c1csnn1. The first-order valence-corrected chi connectivity index (χ1v) is 5.46. The number of nitrogens with zero attached hydrogens (tertiary/aromatic N) is 5. The van der Waals surface area contributed by atoms with Crippen LogP contribution in [0.25, 0.3) is 0 Å². The molecule has 0 aliphatic heterocycles. The van der Waals surface area contributed by atoms with Gasteiger partial charge in [-0.05, 0) is 18.5 Å². The van der Waals surface area contributed by atoms with Crippen molar-refractivity contribution < 1.29 is 5.11 Å². The van der Waals surface area contributed by atoms with Gasteiger partial charge in [-0.1, -0.05) is 4.49 Å². The Morgan fingerprint density at radius 3 is 3.13 bits per heavy atom. The largest absolute Gasteiger partial charge is 0.386 e. The molecule has 0 aliphatic carbocycles. The van der Waals surface area contributed by atoms with E-state index in [1.54, 1.807) is 10.1 Å². The van der Waals surface area contributed by atoms with Crippen LogP contribution in [0, 0.1) is 0 Å². The van der Waals surface area contributed by atoms with Gasteiger partial charge in [-0.25, -0.2) is 4.98 Å². The summed E-state index contributed by atoms with van der Waals surface area (Å²) in [4.78, 5) is 4.08. The lowest BCUT2D eigenvalue weighted by Gasteiger charge is -2.06. The fourth-order valence-corrected chi connectivity index (χ4v) is 1.81. The first-order chi connectivity index (χ1) is 7.31. The highest BCUT2D eigenvalue weighted by Crippen LogP contribution is 2.15. The van der Waals surface area contributed by atoms with E-state index in [4.69, 9.17) is 0 Å². The van der Waals surface area contributed by atoms with Crippen LogP contribution in [0.4, 0.5) is 0 Å². The van der Waals surface area contributed by atoms with E-state index in [0.717, 1.165) is 12.4 Å². The predicted molar refractivity (Wildman–Crippen MR) is 54.3 cm³/mol. The molecule has 0 aromatic carbocycles. The summed E-state index contributed by atoms with van der Waals surface area (Å²) in [6.07, 6.45) is 1.25. The molecule has 15 heavy (non-hydrogen) atoms. The van der Waals surface area contributed by atoms with Crippen LogP contribution in [0.3, 0.4) is 0 Å². The second-order valence-electron chi connectivity index (χ2n) is 3.04. The Labute approximate surface area is 90.8 Å². The minimum atomic E-state index is -0.654. The van der Waals surface area contributed by atoms with Crippen molar-refractivity contribution in [1.29, 1.82) is 0 Å². The van der Waals surface area contributed by atoms with Gasteiger partial charge in [0.05, 0.1) is 0 Å². The fraction of sp³-hybridized carbons (Fsp3) is 0.500. The summed E-state index contributed by atoms with van der Waals surface area (Å²) < 4.78 is 5.46. The van der Waals surface area contributed by atoms with Crippen molar-refractivity contribution >= 4 is 11.5 Å². The highest BCUT2D eigenvalue weighted by molar-refractivity contribution is 7.03. The van der Waals surface area contributed by atoms with Gasteiger partial charge in [0.2, 0.25) is 0 Å². The van der Waals surface area contributed by atoms with Gasteiger partial charge in [-0.15, -0.1) is 5.10 Å². The van der Waals surface area contributed by atoms with E-state index in [0.29, 0.717) is 12.1 Å². The number of hydrogen-bond acceptors (Lipinski definition) is 6. The second-order valence-corrected chi connectivity index (χ2v) is 3.65. The number of rotatable bonds is 4. The van der Waals surface area contributed by atoms with Crippen molar-refractivity contribution in [3.8, 4) is 0 Å². The quantitative estimate of drug-likeness (QED) is 0.816. The van der Waals surface area contributed by atoms with Gasteiger partial charge >= 0.3 is 0 Å². The van der Waals surface area contributed by atoms with Gasteiger partial charge in [0.15, 0.2) is 0 Å². The summed E-state index contributed by atoms with van der Waals surface area (Å²) in [5, 5.41) is 19.4. The van der Waals surface area contributed by atoms with Crippen LogP contribution in [-0.2, 0) is 13.0 Å². The zero-order valence-electron chi connectivity index (χ0n) is 8.24. The highest BCUT2D eigenvalue weighted by Gasteiger charge is 2.14. The molecule has 2 aromatic rings. The van der Waals surface area contributed by atoms with Crippen LogP contribution in [0.2, 0.25) is 0 Å². The molecule has 0 bridgehead atoms. The van der Waals surface area contributed by atoms with Crippen molar-refractivity contribution in [1.82, 2.24) is 24.4 Å². The topological polar surface area (TPSA) is 76.7 Å². The smallest absolute Gasteiger partial charge is 0.138 e. The summed E-state index contributed by atoms with van der Waals surface area (Å²) in [6.45, 7) is 2.73. The third-order valence-corrected chi connectivity index (χ3v) is 2.61. The molecule has 0 fully saturated rings. The van der Waals surface area contributed by atoms with E-state index in [1.807, 2.05) is 6.92 Å². The van der Waals surface area contributed by atoms with Crippen LogP contribution in [-0.4, -0.2) is 29.5 Å². The van der Waals surface area contributed by atoms with Gasteiger partial charge in [0, 0.05) is 18.3 Å². The van der Waals surface area contributed by atoms with Crippen molar-refractivity contribution in [2.24, 2.45) is 0 Å². The molecule has 0 amide bonds. The molecule has 2 aromatic heterocycles. The molecule has 1 N–H and O–H groups in total. The molecule has 0 radical (unpaired) electrons. The Kier molecular flexibility index (Phi) is 3.02. The second kappa shape index (κ2) is 4.45. The van der Waals surface area contributed by atoms with Gasteiger partial charge in [-0.3, -0.25) is 4.68 Å². The molecular formula is C8H11N5OS. The maximum absolute atomic E-state index is 9.82. The summed E-state index contributed by atoms with van der Waals surface area (Å²) in [7, 11) is 0. The average Bonchev–Trinajstić information content (AvgIpc) is 2.87. The molecule has 1 unspecified atom stereocenters. The average molecular weight is 225 g/mol. The van der Waals surface area contributed by atoms with Crippen LogP contribution < -0.4 is 0 Å². The number of aliphatic hydroxyl groups excluding tert-OH is 1. The lowest BCUT2D eigenvalue weighted by molar-refractivity contribution is 0.169. The number of aryl methyl sites for hydroxylation is 1. The van der Waals surface area contributed by atoms with Crippen molar-refractivity contribution in [3.05, 3.63) is 23.2 Å². The molecule has 0 saturated heterocycles. The zero-order valence-corrected chi connectivity index (χ0v) is 9.05. The number of aliphatic hydroxyl groups is 1. The zero-order chi connectivity index (χ0) is 10.7. The molecule has 7 heteroatoms. The van der Waals surface area contributed by atoms with Gasteiger partial charge in [-0.2, -0.15) is 5.10 Å². The Balaban J connectivity index is 2.09. The van der Waals surface area contributed by atoms with E-state index in [-0.39, 0.29) is 0 Å². The van der Waals surface area contributed by atoms with Crippen LogP contribution in [0.15, 0.2) is 11.7 Å². The lowest BCUT2D eigenvalue weighted by atomic mass is 10.2. The van der Waals surface area contributed by atoms with E-state index < -0.39 is 6.10 Å². The predicted octanol–water partition coefficient (Wildman–Crippen LogP) is 0.426. The molecule has 2 rings (SSSR count). The standard InChI is InChI=1S/C8H11N5OS/c1-2-13-8(9-5-10-13)3-7(14)6-4-15-12-11-6/h4-5,7,14H,2-3H2,1H3. The fourth-order valence-electron chi connectivity index (χ4n) is 1.30. The Morgan fingerprint density at radius 1 is 1.60 bits per heavy atom. The monoisotopic (exact) mass is 225 g/mol. The third kappa shape index (κ3) is 2.18. The maximum Gasteiger partial charge on any atom is 0.138 e. The Morgan fingerprint density at radius 2 is 2.47 bits per heavy atom. The van der Waals surface area contributed by atoms with Crippen LogP contribution in [0.5, 0.6) is 0 Å². The molecule has 0 spiro atoms. The Bertz CT molecular complexity index is 412. The molecule has 0 saturated carbocycles. The lowest BCUT2D eigenvalue weighted by Crippen LogP contribution is -2.09. The van der Waals surface area contributed by atoms with E-state index in [9.17, 15) is 5.11 Å². The van der Waals surface area contributed by atoms with E-state index >= 15 is 0 Å². The van der Waals surface area contributed by atoms with Gasteiger partial charge in [0.1, 0.15) is 23.9 Å². The van der Waals surface area contributed by atoms with Gasteiger partial charge in [0.25, 0.3) is 0 Å². The normalized spacial score (nSPS) is 12.9. The molecule has 0 aliphatic rings. The third-order valence-electron chi connectivity index (χ3n) is 2.09. The van der Waals surface area contributed by atoms with Crippen LogP contribution in [0.1, 0.15) is 24.5 Å². The van der Waals surface area contributed by atoms with Crippen LogP contribution >= 0.6 is 11.5 Å². The first-order valence-electron chi connectivity index (χ1n) is 4.63. The number of hydrogen-bond donors (Lipinski definition) is 1. The molecule has 6 nitrogen and oxygen atoms in total. The summed E-state index contributed by atoms with van der Waals surface area (Å²) >= 11 is 1.23. The highest BCUT2D eigenvalue weighted by atomic mass is 32.1. The number of aromatic nitrogens is 5. The van der Waals surface area contributed by atoms with Crippen molar-refractivity contribution in [2.45, 2.75) is 26.0 Å². The minimum absolute atomic E-state index is 0.416. The molecule has 1 atom stereocenters. The summed E-state index contributed by atoms with van der Waals surface area (Å²) in [5.41, 5.74) is 0.589. The minimum Gasteiger partial charge on any atom is -0.386 e. The Hall–Kier alpha value is -1.34. The van der Waals surface area contributed by atoms with E-state index in [2.05, 4.69) is 19.7 Å². The molecular weight excluding hydrogens is 214 g/mol. The first kappa shape index (κ1) is 10.2.